The predicted molar refractivity (Wildman–Crippen MR) is 144 cm³/mol. The van der Waals surface area contributed by atoms with Gasteiger partial charge in [0.15, 0.2) is 12.4 Å². The number of pyridine rings is 2. The summed E-state index contributed by atoms with van der Waals surface area (Å²) in [4.78, 5) is 5.04. The van der Waals surface area contributed by atoms with E-state index in [1.165, 1.54) is 0 Å². The van der Waals surface area contributed by atoms with Crippen LogP contribution in [-0.2, 0) is 0 Å². The summed E-state index contributed by atoms with van der Waals surface area (Å²) in [5, 5.41) is 14.6. The van der Waals surface area contributed by atoms with Crippen molar-refractivity contribution in [1.82, 2.24) is 4.98 Å². The maximum absolute atomic E-state index is 13.5. The SMILES string of the molecule is COc1ccc(/C([O-])=C/C(c2ccc(Br)cc2)C(c2ccc3ccccc3n2)[n+]2ccccc2)cc1. The summed E-state index contributed by atoms with van der Waals surface area (Å²) >= 11 is 3.54. The molecule has 5 heteroatoms. The minimum absolute atomic E-state index is 0.0482. The largest absolute Gasteiger partial charge is 0.872 e. The standard InChI is InChI=1S/C31H25BrN2O2/c1-36-26-16-11-24(12-17-26)30(35)21-27(22-9-14-25(32)15-10-22)31(34-19-5-2-6-20-34)29-18-13-23-7-3-4-8-28(23)33-29/h2-21,27,31H,1H3/b30-21-. The molecule has 2 atom stereocenters. The molecule has 0 aliphatic carbocycles. The van der Waals surface area contributed by atoms with Crippen LogP contribution in [0.2, 0.25) is 0 Å². The van der Waals surface area contributed by atoms with Gasteiger partial charge in [0, 0.05) is 22.0 Å². The van der Waals surface area contributed by atoms with Gasteiger partial charge in [-0.05, 0) is 47.5 Å². The first-order valence-corrected chi connectivity index (χ1v) is 12.5. The summed E-state index contributed by atoms with van der Waals surface area (Å²) in [5.41, 5.74) is 3.45. The van der Waals surface area contributed by atoms with Gasteiger partial charge in [0.05, 0.1) is 18.5 Å². The molecule has 36 heavy (non-hydrogen) atoms. The van der Waals surface area contributed by atoms with E-state index in [2.05, 4.69) is 50.8 Å². The topological polar surface area (TPSA) is 49.1 Å². The lowest BCUT2D eigenvalue weighted by atomic mass is 9.87. The van der Waals surface area contributed by atoms with Crippen molar-refractivity contribution in [3.05, 3.63) is 143 Å². The van der Waals surface area contributed by atoms with Crippen molar-refractivity contribution >= 4 is 32.6 Å². The van der Waals surface area contributed by atoms with E-state index in [1.807, 2.05) is 79.1 Å². The summed E-state index contributed by atoms with van der Waals surface area (Å²) in [6.07, 6.45) is 5.87. The third-order valence-electron chi connectivity index (χ3n) is 6.28. The van der Waals surface area contributed by atoms with Crippen LogP contribution in [0.4, 0.5) is 0 Å². The third-order valence-corrected chi connectivity index (χ3v) is 6.81. The minimum Gasteiger partial charge on any atom is -0.872 e. The minimum atomic E-state index is -0.270. The molecule has 0 fully saturated rings. The molecule has 5 rings (SSSR count). The van der Waals surface area contributed by atoms with Crippen molar-refractivity contribution in [2.45, 2.75) is 12.0 Å². The summed E-state index contributed by atoms with van der Waals surface area (Å²) in [7, 11) is 1.62. The molecular weight excluding hydrogens is 512 g/mol. The van der Waals surface area contributed by atoms with E-state index in [0.29, 0.717) is 11.3 Å². The predicted octanol–water partition coefficient (Wildman–Crippen LogP) is 6.07. The monoisotopic (exact) mass is 536 g/mol. The van der Waals surface area contributed by atoms with Gasteiger partial charge in [-0.3, -0.25) is 0 Å². The number of halogens is 1. The number of nitrogens with zero attached hydrogens (tertiary/aromatic N) is 2. The van der Waals surface area contributed by atoms with Crippen molar-refractivity contribution in [3.63, 3.8) is 0 Å². The van der Waals surface area contributed by atoms with E-state index >= 15 is 0 Å². The van der Waals surface area contributed by atoms with Crippen LogP contribution >= 0.6 is 15.9 Å². The quantitative estimate of drug-likeness (QED) is 0.187. The molecular formula is C31H25BrN2O2. The summed E-state index contributed by atoms with van der Waals surface area (Å²) in [6.45, 7) is 0. The molecule has 2 heterocycles. The number of aromatic nitrogens is 2. The van der Waals surface area contributed by atoms with Crippen LogP contribution in [0.25, 0.3) is 16.7 Å². The Morgan fingerprint density at radius 3 is 2.31 bits per heavy atom. The molecule has 0 aliphatic heterocycles. The van der Waals surface area contributed by atoms with Crippen LogP contribution in [0.15, 0.2) is 126 Å². The number of ether oxygens (including phenoxy) is 1. The van der Waals surface area contributed by atoms with Crippen LogP contribution in [0, 0.1) is 0 Å². The smallest absolute Gasteiger partial charge is 0.210 e. The van der Waals surface area contributed by atoms with Crippen molar-refractivity contribution in [1.29, 1.82) is 0 Å². The number of para-hydroxylation sites is 1. The van der Waals surface area contributed by atoms with E-state index in [9.17, 15) is 5.11 Å². The molecule has 0 saturated carbocycles. The Morgan fingerprint density at radius 1 is 0.861 bits per heavy atom. The maximum atomic E-state index is 13.5. The zero-order valence-electron chi connectivity index (χ0n) is 19.8. The molecule has 5 aromatic rings. The van der Waals surface area contributed by atoms with Crippen molar-refractivity contribution < 1.29 is 14.4 Å². The first-order valence-electron chi connectivity index (χ1n) is 11.7. The Hall–Kier alpha value is -3.96. The third kappa shape index (κ3) is 5.16. The molecule has 0 radical (unpaired) electrons. The summed E-state index contributed by atoms with van der Waals surface area (Å²) < 4.78 is 8.37. The lowest BCUT2D eigenvalue weighted by Gasteiger charge is -2.24. The Labute approximate surface area is 219 Å². The van der Waals surface area contributed by atoms with Gasteiger partial charge >= 0.3 is 0 Å². The van der Waals surface area contributed by atoms with Crippen molar-refractivity contribution in [2.24, 2.45) is 0 Å². The van der Waals surface area contributed by atoms with Crippen LogP contribution in [-0.4, -0.2) is 12.1 Å². The zero-order chi connectivity index (χ0) is 24.9. The van der Waals surface area contributed by atoms with Gasteiger partial charge in [-0.1, -0.05) is 76.6 Å². The Bertz CT molecular complexity index is 1480. The van der Waals surface area contributed by atoms with Crippen LogP contribution in [0.3, 0.4) is 0 Å². The van der Waals surface area contributed by atoms with E-state index in [0.717, 1.165) is 26.6 Å². The van der Waals surface area contributed by atoms with Crippen molar-refractivity contribution in [2.75, 3.05) is 7.11 Å². The average Bonchev–Trinajstić information content (AvgIpc) is 2.93. The second-order valence-corrected chi connectivity index (χ2v) is 9.45. The van der Waals surface area contributed by atoms with E-state index in [-0.39, 0.29) is 17.7 Å². The van der Waals surface area contributed by atoms with Crippen LogP contribution < -0.4 is 14.4 Å². The normalized spacial score (nSPS) is 13.3. The fourth-order valence-corrected chi connectivity index (χ4v) is 4.70. The lowest BCUT2D eigenvalue weighted by Crippen LogP contribution is -2.43. The zero-order valence-corrected chi connectivity index (χ0v) is 21.4. The Morgan fingerprint density at radius 2 is 1.58 bits per heavy atom. The highest BCUT2D eigenvalue weighted by Crippen LogP contribution is 2.34. The van der Waals surface area contributed by atoms with Crippen LogP contribution in [0.5, 0.6) is 5.75 Å². The fraction of sp³-hybridized carbons (Fsp3) is 0.0968. The number of methoxy groups -OCH3 is 1. The summed E-state index contributed by atoms with van der Waals surface area (Å²) in [5.74, 6) is 0.399. The van der Waals surface area contributed by atoms with E-state index < -0.39 is 0 Å². The number of benzene rings is 3. The second-order valence-electron chi connectivity index (χ2n) is 8.53. The molecule has 178 valence electrons. The average molecular weight is 537 g/mol. The van der Waals surface area contributed by atoms with E-state index in [4.69, 9.17) is 9.72 Å². The molecule has 0 bridgehead atoms. The molecule has 4 nitrogen and oxygen atoms in total. The van der Waals surface area contributed by atoms with E-state index in [1.54, 1.807) is 19.2 Å². The first-order chi connectivity index (χ1) is 17.6. The van der Waals surface area contributed by atoms with Gasteiger partial charge in [0.1, 0.15) is 11.4 Å². The first kappa shape index (κ1) is 23.8. The molecule has 0 amide bonds. The molecule has 0 saturated heterocycles. The molecule has 2 aromatic heterocycles. The van der Waals surface area contributed by atoms with Crippen molar-refractivity contribution in [3.8, 4) is 5.75 Å². The molecule has 0 aliphatic rings. The van der Waals surface area contributed by atoms with Gasteiger partial charge < -0.3 is 9.84 Å². The Kier molecular flexibility index (Phi) is 7.10. The van der Waals surface area contributed by atoms with Gasteiger partial charge in [-0.25, -0.2) is 4.98 Å². The highest BCUT2D eigenvalue weighted by molar-refractivity contribution is 9.10. The van der Waals surface area contributed by atoms with Crippen LogP contribution in [0.1, 0.15) is 28.8 Å². The molecule has 0 spiro atoms. The highest BCUT2D eigenvalue weighted by atomic mass is 79.9. The molecule has 2 unspecified atom stereocenters. The number of rotatable bonds is 7. The Balaban J connectivity index is 1.69. The van der Waals surface area contributed by atoms with Gasteiger partial charge in [0.25, 0.3) is 0 Å². The number of hydrogen-bond donors (Lipinski definition) is 0. The summed E-state index contributed by atoms with van der Waals surface area (Å²) in [6, 6.07) is 33.3. The second kappa shape index (κ2) is 10.8. The number of hydrogen-bond acceptors (Lipinski definition) is 3. The van der Waals surface area contributed by atoms with Gasteiger partial charge in [-0.15, -0.1) is 5.76 Å². The van der Waals surface area contributed by atoms with Gasteiger partial charge in [0.2, 0.25) is 6.04 Å². The lowest BCUT2D eigenvalue weighted by molar-refractivity contribution is -0.716. The number of fused-ring (bicyclic) bond motifs is 1. The molecule has 3 aromatic carbocycles. The maximum Gasteiger partial charge on any atom is 0.210 e. The molecule has 0 N–H and O–H groups in total. The highest BCUT2D eigenvalue weighted by Gasteiger charge is 2.32. The number of allylic oxidation sites excluding steroid dienone is 1. The van der Waals surface area contributed by atoms with Gasteiger partial charge in [-0.2, -0.15) is 4.57 Å². The fourth-order valence-electron chi connectivity index (χ4n) is 4.44.